The molecular weight excluding hydrogens is 212 g/mol. The van der Waals surface area contributed by atoms with E-state index >= 15 is 0 Å². The molecule has 4 nitrogen and oxygen atoms in total. The largest absolute Gasteiger partial charge is 0.241 e. The second-order valence-corrected chi connectivity index (χ2v) is 4.65. The maximum absolute atomic E-state index is 4.46. The van der Waals surface area contributed by atoms with E-state index < -0.39 is 0 Å². The highest BCUT2D eigenvalue weighted by atomic mass is 15.4. The summed E-state index contributed by atoms with van der Waals surface area (Å²) in [6, 6.07) is 0. The van der Waals surface area contributed by atoms with Crippen LogP contribution in [0.1, 0.15) is 46.2 Å². The van der Waals surface area contributed by atoms with Crippen molar-refractivity contribution in [2.45, 2.75) is 47.5 Å². The van der Waals surface area contributed by atoms with Gasteiger partial charge in [-0.25, -0.2) is 9.67 Å². The van der Waals surface area contributed by atoms with Gasteiger partial charge in [0.15, 0.2) is 5.82 Å². The lowest BCUT2D eigenvalue weighted by molar-refractivity contribution is 0.495. The zero-order valence-corrected chi connectivity index (χ0v) is 11.4. The summed E-state index contributed by atoms with van der Waals surface area (Å²) in [5.74, 6) is 0.876. The zero-order chi connectivity index (χ0) is 12.9. The summed E-state index contributed by atoms with van der Waals surface area (Å²) in [5, 5.41) is 7.97. The first-order chi connectivity index (χ1) is 8.07. The molecule has 4 heteroatoms. The van der Waals surface area contributed by atoms with Crippen LogP contribution < -0.4 is 0 Å². The van der Waals surface area contributed by atoms with Gasteiger partial charge in [0.25, 0.3) is 0 Å². The molecule has 0 atom stereocenters. The van der Waals surface area contributed by atoms with Gasteiger partial charge in [0.2, 0.25) is 0 Å². The molecule has 0 unspecified atom stereocenters. The van der Waals surface area contributed by atoms with Gasteiger partial charge >= 0.3 is 0 Å². The lowest BCUT2D eigenvalue weighted by atomic mass is 9.90. The molecule has 1 aromatic heterocycles. The molecule has 2 rings (SSSR count). The monoisotopic (exact) mass is 234 g/mol. The average molecular weight is 234 g/mol. The minimum absolute atomic E-state index is 0.174. The Morgan fingerprint density at radius 1 is 1.29 bits per heavy atom. The van der Waals surface area contributed by atoms with Crippen LogP contribution in [0.2, 0.25) is 0 Å². The first-order valence-electron chi connectivity index (χ1n) is 6.22. The molecule has 2 heterocycles. The van der Waals surface area contributed by atoms with Crippen molar-refractivity contribution >= 4 is 12.0 Å². The molecule has 0 bridgehead atoms. The maximum Gasteiger partial charge on any atom is 0.150 e. The summed E-state index contributed by atoms with van der Waals surface area (Å²) in [7, 11) is 0. The topological polar surface area (TPSA) is 43.1 Å². The van der Waals surface area contributed by atoms with Crippen LogP contribution in [0.4, 0.5) is 0 Å². The summed E-state index contributed by atoms with van der Waals surface area (Å²) >= 11 is 0. The maximum atomic E-state index is 4.46. The molecule has 0 spiro atoms. The van der Waals surface area contributed by atoms with Gasteiger partial charge < -0.3 is 0 Å². The summed E-state index contributed by atoms with van der Waals surface area (Å²) in [6.45, 7) is 10.3. The molecule has 0 aliphatic carbocycles. The van der Waals surface area contributed by atoms with Crippen molar-refractivity contribution in [1.82, 2.24) is 15.0 Å². The van der Waals surface area contributed by atoms with Crippen molar-refractivity contribution in [3.05, 3.63) is 18.0 Å². The van der Waals surface area contributed by atoms with Crippen molar-refractivity contribution in [3.63, 3.8) is 0 Å². The summed E-state index contributed by atoms with van der Waals surface area (Å²) in [5.41, 5.74) is 1.09. The van der Waals surface area contributed by atoms with Gasteiger partial charge in [-0.1, -0.05) is 32.9 Å². The molecule has 0 amide bonds. The quantitative estimate of drug-likeness (QED) is 0.748. The lowest BCUT2D eigenvalue weighted by Crippen LogP contribution is -2.11. The predicted molar refractivity (Wildman–Crippen MR) is 71.9 cm³/mol. The van der Waals surface area contributed by atoms with E-state index in [-0.39, 0.29) is 5.41 Å². The van der Waals surface area contributed by atoms with E-state index in [9.17, 15) is 0 Å². The van der Waals surface area contributed by atoms with Crippen LogP contribution in [0, 0.1) is 12.3 Å². The Balaban J connectivity index is 0.000000686. The van der Waals surface area contributed by atoms with Crippen molar-refractivity contribution in [2.24, 2.45) is 10.4 Å². The number of aromatic nitrogens is 3. The van der Waals surface area contributed by atoms with Crippen LogP contribution in [-0.4, -0.2) is 21.2 Å². The minimum Gasteiger partial charge on any atom is -0.241 e. The zero-order valence-electron chi connectivity index (χ0n) is 11.4. The van der Waals surface area contributed by atoms with Gasteiger partial charge in [-0.2, -0.15) is 0 Å². The van der Waals surface area contributed by atoms with Crippen LogP contribution in [-0.2, 0) is 0 Å². The molecule has 0 saturated carbocycles. The molecule has 0 fully saturated rings. The summed E-state index contributed by atoms with van der Waals surface area (Å²) in [4.78, 5) is 4.46. The minimum atomic E-state index is 0.174. The molecule has 1 aromatic rings. The molecule has 94 valence electrons. The van der Waals surface area contributed by atoms with Gasteiger partial charge in [-0.3, -0.25) is 0 Å². The Labute approximate surface area is 103 Å². The fraction of sp³-hybridized carbons (Fsp3) is 0.615. The Morgan fingerprint density at radius 2 is 2.00 bits per heavy atom. The van der Waals surface area contributed by atoms with Crippen molar-refractivity contribution < 1.29 is 0 Å². The second-order valence-electron chi connectivity index (χ2n) is 4.65. The first-order valence-corrected chi connectivity index (χ1v) is 6.22. The van der Waals surface area contributed by atoms with Crippen LogP contribution in [0.5, 0.6) is 0 Å². The highest BCUT2D eigenvalue weighted by molar-refractivity contribution is 5.71. The van der Waals surface area contributed by atoms with Crippen molar-refractivity contribution in [2.75, 3.05) is 0 Å². The van der Waals surface area contributed by atoms with Crippen molar-refractivity contribution in [3.8, 4) is 0 Å². The van der Waals surface area contributed by atoms with Crippen LogP contribution in [0.3, 0.4) is 0 Å². The van der Waals surface area contributed by atoms with E-state index in [1.807, 2.05) is 33.2 Å². The fourth-order valence-corrected chi connectivity index (χ4v) is 1.54. The third-order valence-corrected chi connectivity index (χ3v) is 2.50. The smallest absolute Gasteiger partial charge is 0.150 e. The standard InChI is InChI=1S/C11H16N4.C2H6/c1-9-7-15(14-13-9)10-5-4-6-11(2,3)8-12-10;1-2/h5,7-8H,4,6H2,1-3H3;1-2H3. The van der Waals surface area contributed by atoms with Gasteiger partial charge in [-0.05, 0) is 25.8 Å². The predicted octanol–water partition coefficient (Wildman–Crippen LogP) is 3.30. The second kappa shape index (κ2) is 5.75. The number of nitrogens with zero attached hydrogens (tertiary/aromatic N) is 4. The Bertz CT molecular complexity index is 413. The van der Waals surface area contributed by atoms with Crippen LogP contribution in [0.25, 0.3) is 5.82 Å². The van der Waals surface area contributed by atoms with E-state index in [0.29, 0.717) is 0 Å². The fourth-order valence-electron chi connectivity index (χ4n) is 1.54. The molecule has 17 heavy (non-hydrogen) atoms. The molecule has 1 aliphatic heterocycles. The van der Waals surface area contributed by atoms with E-state index in [1.54, 1.807) is 4.68 Å². The van der Waals surface area contributed by atoms with E-state index in [1.165, 1.54) is 0 Å². The molecule has 0 saturated heterocycles. The molecular formula is C13H22N4. The number of hydrogen-bond donors (Lipinski definition) is 0. The Morgan fingerprint density at radius 3 is 2.59 bits per heavy atom. The van der Waals surface area contributed by atoms with E-state index in [4.69, 9.17) is 0 Å². The highest BCUT2D eigenvalue weighted by Crippen LogP contribution is 2.24. The molecule has 0 aromatic carbocycles. The number of hydrogen-bond acceptors (Lipinski definition) is 3. The molecule has 0 N–H and O–H groups in total. The van der Waals surface area contributed by atoms with Gasteiger partial charge in [-0.15, -0.1) is 5.10 Å². The lowest BCUT2D eigenvalue weighted by Gasteiger charge is -2.15. The van der Waals surface area contributed by atoms with Crippen LogP contribution in [0.15, 0.2) is 17.3 Å². The third kappa shape index (κ3) is 3.80. The third-order valence-electron chi connectivity index (χ3n) is 2.50. The Hall–Kier alpha value is -1.45. The van der Waals surface area contributed by atoms with E-state index in [2.05, 4.69) is 35.2 Å². The molecule has 0 radical (unpaired) electrons. The first kappa shape index (κ1) is 13.6. The summed E-state index contributed by atoms with van der Waals surface area (Å²) in [6.07, 6.45) is 8.15. The van der Waals surface area contributed by atoms with Crippen LogP contribution >= 0.6 is 0 Å². The normalized spacial score (nSPS) is 17.8. The Kier molecular flexibility index (Phi) is 4.61. The van der Waals surface area contributed by atoms with Crippen molar-refractivity contribution in [1.29, 1.82) is 0 Å². The SMILES string of the molecule is CC.Cc1cn(C2=CCCC(C)(C)C=N2)nn1. The number of aryl methyl sites for hydroxylation is 1. The average Bonchev–Trinajstić information content (AvgIpc) is 2.64. The summed E-state index contributed by atoms with van der Waals surface area (Å²) < 4.78 is 1.73. The number of aliphatic imine (C=N–C) groups is 1. The number of rotatable bonds is 1. The highest BCUT2D eigenvalue weighted by Gasteiger charge is 2.17. The van der Waals surface area contributed by atoms with Gasteiger partial charge in [0.1, 0.15) is 0 Å². The molecule has 1 aliphatic rings. The van der Waals surface area contributed by atoms with Gasteiger partial charge in [0.05, 0.1) is 11.9 Å². The van der Waals surface area contributed by atoms with Gasteiger partial charge in [0, 0.05) is 11.6 Å². The number of allylic oxidation sites excluding steroid dienone is 1. The van der Waals surface area contributed by atoms with E-state index in [0.717, 1.165) is 24.4 Å².